The van der Waals surface area contributed by atoms with Crippen LogP contribution in [-0.4, -0.2) is 16.8 Å². The number of hydrogen-bond donors (Lipinski definition) is 2. The van der Waals surface area contributed by atoms with Crippen LogP contribution in [0.25, 0.3) is 22.2 Å². The number of nitrogens with one attached hydrogen (secondary N) is 2. The van der Waals surface area contributed by atoms with Crippen LogP contribution in [0.4, 0.5) is 13.2 Å². The predicted octanol–water partition coefficient (Wildman–Crippen LogP) is 5.26. The molecule has 0 bridgehead atoms. The lowest BCUT2D eigenvalue weighted by Crippen LogP contribution is -2.36. The Balaban J connectivity index is 1.73. The zero-order chi connectivity index (χ0) is 19.0. The fourth-order valence-electron chi connectivity index (χ4n) is 3.65. The smallest absolute Gasteiger partial charge is 0.150 e. The lowest BCUT2D eigenvalue weighted by molar-refractivity contribution is 0.336. The minimum Gasteiger partial charge on any atom is -0.352 e. The first kappa shape index (κ1) is 18.0. The first-order chi connectivity index (χ1) is 13.1. The summed E-state index contributed by atoms with van der Waals surface area (Å²) in [6.45, 7) is 0. The van der Waals surface area contributed by atoms with Crippen LogP contribution in [0, 0.1) is 28.8 Å². The summed E-state index contributed by atoms with van der Waals surface area (Å²) in [5.74, 6) is -1.12. The number of halogens is 3. The molecule has 2 aromatic carbocycles. The maximum absolute atomic E-state index is 14.3. The van der Waals surface area contributed by atoms with E-state index in [1.807, 2.05) is 0 Å². The van der Waals surface area contributed by atoms with Crippen molar-refractivity contribution in [2.45, 2.75) is 24.8 Å². The predicted molar refractivity (Wildman–Crippen MR) is 101 cm³/mol. The fraction of sp³-hybridized carbons (Fsp3) is 0.250. The third kappa shape index (κ3) is 3.43. The van der Waals surface area contributed by atoms with Gasteiger partial charge < -0.3 is 4.98 Å². The van der Waals surface area contributed by atoms with Crippen molar-refractivity contribution in [2.24, 2.45) is 0 Å². The van der Waals surface area contributed by atoms with Gasteiger partial charge in [-0.25, -0.2) is 13.2 Å². The van der Waals surface area contributed by atoms with Crippen LogP contribution in [0.1, 0.15) is 24.3 Å². The molecule has 2 N–H and O–H groups in total. The number of H-pyrrole nitrogens is 1. The van der Waals surface area contributed by atoms with Gasteiger partial charge in [-0.05, 0) is 60.2 Å². The molecule has 3 aromatic rings. The maximum Gasteiger partial charge on any atom is 0.150 e. The molecule has 1 heterocycles. The van der Waals surface area contributed by atoms with E-state index in [2.05, 4.69) is 15.8 Å². The number of aromatic amines is 1. The second-order valence-electron chi connectivity index (χ2n) is 6.66. The van der Waals surface area contributed by atoms with E-state index in [9.17, 15) is 13.2 Å². The molecule has 4 rings (SSSR count). The van der Waals surface area contributed by atoms with Gasteiger partial charge in [-0.1, -0.05) is 11.9 Å². The first-order valence-electron chi connectivity index (χ1n) is 8.57. The number of rotatable bonds is 5. The Labute approximate surface area is 158 Å². The third-order valence-corrected chi connectivity index (χ3v) is 5.70. The number of nitrogens with zero attached hydrogens (tertiary/aromatic N) is 1. The normalized spacial score (nSPS) is 19.0. The van der Waals surface area contributed by atoms with E-state index in [1.165, 1.54) is 30.1 Å². The summed E-state index contributed by atoms with van der Waals surface area (Å²) >= 11 is 1.37. The Hall–Kier alpha value is -2.43. The van der Waals surface area contributed by atoms with Gasteiger partial charge >= 0.3 is 0 Å². The zero-order valence-electron chi connectivity index (χ0n) is 14.2. The van der Waals surface area contributed by atoms with Crippen LogP contribution in [0.5, 0.6) is 0 Å². The molecule has 0 radical (unpaired) electrons. The lowest BCUT2D eigenvalue weighted by Gasteiger charge is -2.36. The zero-order valence-corrected chi connectivity index (χ0v) is 15.0. The highest BCUT2D eigenvalue weighted by molar-refractivity contribution is 7.97. The average Bonchev–Trinajstić information content (AvgIpc) is 2.97. The van der Waals surface area contributed by atoms with Crippen LogP contribution in [0.2, 0.25) is 0 Å². The molecule has 0 unspecified atom stereocenters. The van der Waals surface area contributed by atoms with Crippen LogP contribution < -0.4 is 4.72 Å². The van der Waals surface area contributed by atoms with Gasteiger partial charge in [0.1, 0.15) is 17.5 Å². The summed E-state index contributed by atoms with van der Waals surface area (Å²) in [5.41, 5.74) is 2.56. The van der Waals surface area contributed by atoms with Crippen molar-refractivity contribution in [2.75, 3.05) is 5.75 Å². The van der Waals surface area contributed by atoms with Gasteiger partial charge in [0, 0.05) is 17.5 Å². The Kier molecular flexibility index (Phi) is 4.85. The van der Waals surface area contributed by atoms with Gasteiger partial charge in [-0.3, -0.25) is 4.72 Å². The van der Waals surface area contributed by atoms with Crippen molar-refractivity contribution < 1.29 is 13.2 Å². The Morgan fingerprint density at radius 1 is 1.11 bits per heavy atom. The van der Waals surface area contributed by atoms with E-state index < -0.39 is 11.6 Å². The van der Waals surface area contributed by atoms with Gasteiger partial charge in [0.2, 0.25) is 0 Å². The molecule has 1 fully saturated rings. The Morgan fingerprint density at radius 3 is 2.56 bits per heavy atom. The number of nitriles is 1. The van der Waals surface area contributed by atoms with Crippen LogP contribution in [-0.2, 0) is 0 Å². The summed E-state index contributed by atoms with van der Waals surface area (Å²) < 4.78 is 44.7. The van der Waals surface area contributed by atoms with Crippen molar-refractivity contribution in [3.05, 3.63) is 59.4 Å². The molecule has 3 nitrogen and oxygen atoms in total. The molecule has 0 atom stereocenters. The van der Waals surface area contributed by atoms with Crippen molar-refractivity contribution in [3.63, 3.8) is 0 Å². The molecule has 0 amide bonds. The molecule has 27 heavy (non-hydrogen) atoms. The van der Waals surface area contributed by atoms with E-state index in [1.54, 1.807) is 12.1 Å². The molecular formula is C20H16F3N3S. The van der Waals surface area contributed by atoms with Gasteiger partial charge in [0.25, 0.3) is 0 Å². The largest absolute Gasteiger partial charge is 0.352 e. The standard InChI is InChI=1S/C20H16F3N3S/c21-13-3-1-11(2-4-13)19-18(12-7-15(8-12)26-27-6-5-24)16-9-14(22)10-17(23)20(16)25-19/h1-4,9-10,12,15,25-26H,6-8H2. The maximum atomic E-state index is 14.3. The van der Waals surface area contributed by atoms with E-state index in [4.69, 9.17) is 5.26 Å². The molecule has 1 aliphatic rings. The molecule has 7 heteroatoms. The third-order valence-electron chi connectivity index (χ3n) is 4.93. The first-order valence-corrected chi connectivity index (χ1v) is 9.56. The highest BCUT2D eigenvalue weighted by Gasteiger charge is 2.34. The average molecular weight is 387 g/mol. The van der Waals surface area contributed by atoms with Crippen LogP contribution in [0.15, 0.2) is 36.4 Å². The van der Waals surface area contributed by atoms with Gasteiger partial charge in [-0.15, -0.1) is 0 Å². The van der Waals surface area contributed by atoms with Gasteiger partial charge in [-0.2, -0.15) is 5.26 Å². The SMILES string of the molecule is N#CCSNC1CC(c2c(-c3ccc(F)cc3)[nH]c3c(F)cc(F)cc23)C1. The number of fused-ring (bicyclic) bond motifs is 1. The van der Waals surface area contributed by atoms with Gasteiger partial charge in [0.15, 0.2) is 0 Å². The van der Waals surface area contributed by atoms with E-state index >= 15 is 0 Å². The molecule has 1 aromatic heterocycles. The summed E-state index contributed by atoms with van der Waals surface area (Å²) in [4.78, 5) is 3.08. The van der Waals surface area contributed by atoms with Crippen molar-refractivity contribution in [1.29, 1.82) is 5.26 Å². The molecule has 1 saturated carbocycles. The van der Waals surface area contributed by atoms with Gasteiger partial charge in [0.05, 0.1) is 23.0 Å². The molecular weight excluding hydrogens is 371 g/mol. The quantitative estimate of drug-likeness (QED) is 0.464. The Morgan fingerprint density at radius 2 is 1.85 bits per heavy atom. The number of benzene rings is 2. The lowest BCUT2D eigenvalue weighted by atomic mass is 9.74. The number of hydrogen-bond acceptors (Lipinski definition) is 3. The highest BCUT2D eigenvalue weighted by atomic mass is 32.2. The summed E-state index contributed by atoms with van der Waals surface area (Å²) in [5, 5.41) is 9.14. The highest BCUT2D eigenvalue weighted by Crippen LogP contribution is 2.46. The molecule has 1 aliphatic carbocycles. The minimum absolute atomic E-state index is 0.125. The molecule has 0 aliphatic heterocycles. The molecule has 0 spiro atoms. The summed E-state index contributed by atoms with van der Waals surface area (Å²) in [7, 11) is 0. The molecule has 0 saturated heterocycles. The van der Waals surface area contributed by atoms with E-state index in [-0.39, 0.29) is 23.3 Å². The summed E-state index contributed by atoms with van der Waals surface area (Å²) in [6, 6.07) is 10.5. The van der Waals surface area contributed by atoms with Crippen molar-refractivity contribution >= 4 is 22.9 Å². The number of aromatic nitrogens is 1. The monoisotopic (exact) mass is 387 g/mol. The molecule has 138 valence electrons. The minimum atomic E-state index is -0.641. The second-order valence-corrected chi connectivity index (χ2v) is 7.47. The topological polar surface area (TPSA) is 51.6 Å². The second kappa shape index (κ2) is 7.29. The van der Waals surface area contributed by atoms with E-state index in [0.29, 0.717) is 16.8 Å². The van der Waals surface area contributed by atoms with Crippen molar-refractivity contribution in [3.8, 4) is 17.3 Å². The van der Waals surface area contributed by atoms with Crippen LogP contribution in [0.3, 0.4) is 0 Å². The van der Waals surface area contributed by atoms with Crippen molar-refractivity contribution in [1.82, 2.24) is 9.71 Å². The summed E-state index contributed by atoms with van der Waals surface area (Å²) in [6.07, 6.45) is 1.61. The van der Waals surface area contributed by atoms with E-state index in [0.717, 1.165) is 30.0 Å². The Bertz CT molecular complexity index is 1020. The van der Waals surface area contributed by atoms with Crippen LogP contribution >= 0.6 is 11.9 Å². The fourth-order valence-corrected chi connectivity index (χ4v) is 4.23.